The molecule has 0 bridgehead atoms. The van der Waals surface area contributed by atoms with Crippen LogP contribution in [0.25, 0.3) is 11.6 Å². The second-order valence-corrected chi connectivity index (χ2v) is 9.13. The van der Waals surface area contributed by atoms with Gasteiger partial charge in [0, 0.05) is 0 Å². The molecule has 1 saturated carbocycles. The Kier molecular flexibility index (Phi) is 5.60. The van der Waals surface area contributed by atoms with Gasteiger partial charge in [-0.1, -0.05) is 29.4 Å². The van der Waals surface area contributed by atoms with E-state index >= 15 is 0 Å². The Labute approximate surface area is 184 Å². The van der Waals surface area contributed by atoms with Gasteiger partial charge in [-0.15, -0.1) is 0 Å². The Balaban J connectivity index is 1.56. The molecule has 170 valence electrons. The van der Waals surface area contributed by atoms with Crippen LogP contribution in [0.2, 0.25) is 0 Å². The van der Waals surface area contributed by atoms with Gasteiger partial charge in [0.05, 0.1) is 18.4 Å². The van der Waals surface area contributed by atoms with Gasteiger partial charge in [0.2, 0.25) is 0 Å². The summed E-state index contributed by atoms with van der Waals surface area (Å²) in [5.41, 5.74) is 1.17. The lowest BCUT2D eigenvalue weighted by Gasteiger charge is -2.19. The molecule has 0 radical (unpaired) electrons. The first-order chi connectivity index (χ1) is 15.1. The fraction of sp³-hybridized carbons (Fsp3) is 0.478. The maximum Gasteiger partial charge on any atom is 0.308 e. The third-order valence-corrected chi connectivity index (χ3v) is 5.47. The van der Waals surface area contributed by atoms with Crippen LogP contribution in [0.3, 0.4) is 0 Å². The van der Waals surface area contributed by atoms with Crippen LogP contribution in [0.1, 0.15) is 69.1 Å². The summed E-state index contributed by atoms with van der Waals surface area (Å²) in [5, 5.41) is 8.35. The minimum Gasteiger partial charge on any atom is -0.460 e. The number of carbonyl (C=O) groups is 1. The van der Waals surface area contributed by atoms with Gasteiger partial charge in [0.15, 0.2) is 11.5 Å². The van der Waals surface area contributed by atoms with E-state index in [0.717, 1.165) is 28.7 Å². The molecule has 7 nitrogen and oxygen atoms in total. The van der Waals surface area contributed by atoms with Crippen molar-refractivity contribution >= 4 is 5.97 Å². The molecular formula is C23H26F2N4O3. The van der Waals surface area contributed by atoms with Crippen LogP contribution >= 0.6 is 0 Å². The van der Waals surface area contributed by atoms with Crippen molar-refractivity contribution in [1.29, 1.82) is 0 Å². The van der Waals surface area contributed by atoms with Crippen LogP contribution in [0.15, 0.2) is 34.9 Å². The minimum absolute atomic E-state index is 0.0390. The van der Waals surface area contributed by atoms with E-state index in [0.29, 0.717) is 5.82 Å². The predicted molar refractivity (Wildman–Crippen MR) is 112 cm³/mol. The van der Waals surface area contributed by atoms with E-state index in [1.807, 2.05) is 25.1 Å². The molecule has 1 aliphatic carbocycles. The summed E-state index contributed by atoms with van der Waals surface area (Å²) in [5.74, 6) is 0.130. The van der Waals surface area contributed by atoms with Gasteiger partial charge in [0.25, 0.3) is 12.3 Å². The van der Waals surface area contributed by atoms with Crippen LogP contribution in [0.5, 0.6) is 0 Å². The van der Waals surface area contributed by atoms with E-state index in [1.54, 1.807) is 20.8 Å². The molecule has 32 heavy (non-hydrogen) atoms. The Morgan fingerprint density at radius 3 is 2.62 bits per heavy atom. The lowest BCUT2D eigenvalue weighted by Crippen LogP contribution is -2.24. The second kappa shape index (κ2) is 8.11. The highest BCUT2D eigenvalue weighted by Crippen LogP contribution is 2.53. The number of esters is 1. The highest BCUT2D eigenvalue weighted by atomic mass is 19.3. The largest absolute Gasteiger partial charge is 0.460 e. The number of hydrogen-bond acceptors (Lipinski definition) is 6. The maximum atomic E-state index is 13.6. The van der Waals surface area contributed by atoms with E-state index in [4.69, 9.17) is 9.26 Å². The van der Waals surface area contributed by atoms with E-state index in [2.05, 4.69) is 21.3 Å². The first kappa shape index (κ1) is 22.1. The maximum absolute atomic E-state index is 13.6. The summed E-state index contributed by atoms with van der Waals surface area (Å²) < 4.78 is 38.9. The molecule has 0 aliphatic heterocycles. The summed E-state index contributed by atoms with van der Waals surface area (Å²) in [6, 6.07) is 9.28. The fourth-order valence-electron chi connectivity index (χ4n) is 3.85. The summed E-state index contributed by atoms with van der Waals surface area (Å²) >= 11 is 0. The molecule has 2 aromatic heterocycles. The number of alkyl halides is 2. The summed E-state index contributed by atoms with van der Waals surface area (Å²) in [6.45, 7) is 7.25. The van der Waals surface area contributed by atoms with Gasteiger partial charge in [-0.25, -0.2) is 8.78 Å². The van der Waals surface area contributed by atoms with Gasteiger partial charge < -0.3 is 9.26 Å². The highest BCUT2D eigenvalue weighted by molar-refractivity contribution is 5.69. The normalized spacial score (nSPS) is 15.2. The summed E-state index contributed by atoms with van der Waals surface area (Å²) in [4.78, 5) is 16.5. The standard InChI is InChI=1S/C23H26F2N4O3/c1-14-7-5-6-8-15(14)23(10-11-23)21-26-20(32-28-21)16-13-17(19(24)25)29(27-16)12-9-18(30)31-22(2,3)4/h5-8,13,19H,9-12H2,1-4H3. The van der Waals surface area contributed by atoms with E-state index in [1.165, 1.54) is 6.07 Å². The first-order valence-corrected chi connectivity index (χ1v) is 10.6. The Morgan fingerprint density at radius 1 is 1.28 bits per heavy atom. The van der Waals surface area contributed by atoms with Gasteiger partial charge in [0.1, 0.15) is 11.3 Å². The third-order valence-electron chi connectivity index (χ3n) is 5.47. The highest BCUT2D eigenvalue weighted by Gasteiger charge is 2.50. The van der Waals surface area contributed by atoms with Gasteiger partial charge in [-0.2, -0.15) is 10.1 Å². The second-order valence-electron chi connectivity index (χ2n) is 9.13. The van der Waals surface area contributed by atoms with Crippen molar-refractivity contribution < 1.29 is 22.8 Å². The fourth-order valence-corrected chi connectivity index (χ4v) is 3.85. The number of aromatic nitrogens is 4. The Hall–Kier alpha value is -3.10. The van der Waals surface area contributed by atoms with Gasteiger partial charge in [-0.05, 0) is 57.7 Å². The predicted octanol–water partition coefficient (Wildman–Crippen LogP) is 4.99. The number of halogens is 2. The molecule has 0 saturated heterocycles. The molecule has 0 unspecified atom stereocenters. The quantitative estimate of drug-likeness (QED) is 0.478. The zero-order valence-electron chi connectivity index (χ0n) is 18.6. The molecule has 1 aromatic carbocycles. The molecule has 0 spiro atoms. The molecule has 0 atom stereocenters. The Bertz CT molecular complexity index is 1130. The van der Waals surface area contributed by atoms with E-state index in [-0.39, 0.29) is 35.7 Å². The van der Waals surface area contributed by atoms with Crippen LogP contribution in [0.4, 0.5) is 8.78 Å². The monoisotopic (exact) mass is 444 g/mol. The van der Waals surface area contributed by atoms with Crippen molar-refractivity contribution in [3.8, 4) is 11.6 Å². The SMILES string of the molecule is Cc1ccccc1C1(c2noc(-c3cc(C(F)F)n(CCC(=O)OC(C)(C)C)n3)n2)CC1. The topological polar surface area (TPSA) is 83.0 Å². The summed E-state index contributed by atoms with van der Waals surface area (Å²) in [7, 11) is 0. The van der Waals surface area contributed by atoms with E-state index in [9.17, 15) is 13.6 Å². The average molecular weight is 444 g/mol. The third kappa shape index (κ3) is 4.42. The average Bonchev–Trinajstić information content (AvgIpc) is 3.16. The van der Waals surface area contributed by atoms with Crippen molar-refractivity contribution in [2.75, 3.05) is 0 Å². The number of carbonyl (C=O) groups excluding carboxylic acids is 1. The first-order valence-electron chi connectivity index (χ1n) is 10.6. The zero-order chi connectivity index (χ0) is 23.1. The molecule has 9 heteroatoms. The number of nitrogens with zero attached hydrogens (tertiary/aromatic N) is 4. The van der Waals surface area contributed by atoms with Gasteiger partial charge >= 0.3 is 5.97 Å². The molecule has 1 fully saturated rings. The van der Waals surface area contributed by atoms with Crippen LogP contribution < -0.4 is 0 Å². The molecular weight excluding hydrogens is 418 g/mol. The van der Waals surface area contributed by atoms with Crippen LogP contribution in [-0.4, -0.2) is 31.5 Å². The number of rotatable bonds is 7. The smallest absolute Gasteiger partial charge is 0.308 e. The van der Waals surface area contributed by atoms with Gasteiger partial charge in [-0.3, -0.25) is 9.48 Å². The molecule has 0 amide bonds. The molecule has 2 heterocycles. The Morgan fingerprint density at radius 2 is 2.00 bits per heavy atom. The van der Waals surface area contributed by atoms with Crippen LogP contribution in [0, 0.1) is 6.92 Å². The molecule has 0 N–H and O–H groups in total. The molecule has 3 aromatic rings. The lowest BCUT2D eigenvalue weighted by atomic mass is 9.91. The van der Waals surface area contributed by atoms with Crippen molar-refractivity contribution in [2.24, 2.45) is 0 Å². The lowest BCUT2D eigenvalue weighted by molar-refractivity contribution is -0.155. The summed E-state index contributed by atoms with van der Waals surface area (Å²) in [6.07, 6.45) is -1.06. The van der Waals surface area contributed by atoms with Crippen LogP contribution in [-0.2, 0) is 21.5 Å². The van der Waals surface area contributed by atoms with E-state index < -0.39 is 18.0 Å². The zero-order valence-corrected chi connectivity index (χ0v) is 18.6. The van der Waals surface area contributed by atoms with Crippen molar-refractivity contribution in [1.82, 2.24) is 19.9 Å². The minimum atomic E-state index is -2.76. The number of ether oxygens (including phenoxy) is 1. The van der Waals surface area contributed by atoms with Crippen molar-refractivity contribution in [2.45, 2.75) is 70.9 Å². The van der Waals surface area contributed by atoms with Crippen molar-refractivity contribution in [3.05, 3.63) is 53.0 Å². The number of hydrogen-bond donors (Lipinski definition) is 0. The number of benzene rings is 1. The number of aryl methyl sites for hydroxylation is 2. The van der Waals surface area contributed by atoms with Crippen molar-refractivity contribution in [3.63, 3.8) is 0 Å². The molecule has 4 rings (SSSR count). The molecule has 1 aliphatic rings.